The van der Waals surface area contributed by atoms with Gasteiger partial charge in [0.05, 0.1) is 5.92 Å². The number of hydrogen-bond acceptors (Lipinski definition) is 3. The topological polar surface area (TPSA) is 92.7 Å². The fourth-order valence-corrected chi connectivity index (χ4v) is 3.38. The summed E-state index contributed by atoms with van der Waals surface area (Å²) in [5.74, 6) is 0.665. The van der Waals surface area contributed by atoms with Gasteiger partial charge in [-0.2, -0.15) is 0 Å². The largest absolute Gasteiger partial charge is 0.351 e. The third-order valence-electron chi connectivity index (χ3n) is 4.62. The van der Waals surface area contributed by atoms with Gasteiger partial charge in [0.15, 0.2) is 0 Å². The van der Waals surface area contributed by atoms with Gasteiger partial charge >= 0.3 is 6.03 Å². The van der Waals surface area contributed by atoms with Crippen molar-refractivity contribution in [1.82, 2.24) is 9.80 Å². The van der Waals surface area contributed by atoms with E-state index in [4.69, 9.17) is 11.5 Å². The molecule has 0 aliphatic carbocycles. The van der Waals surface area contributed by atoms with E-state index in [1.54, 1.807) is 4.90 Å². The van der Waals surface area contributed by atoms with Crippen LogP contribution in [-0.2, 0) is 4.79 Å². The molecule has 0 aromatic rings. The van der Waals surface area contributed by atoms with Crippen molar-refractivity contribution in [2.75, 3.05) is 26.2 Å². The number of carbonyl (C=O) groups is 2. The van der Waals surface area contributed by atoms with Crippen LogP contribution in [-0.4, -0.2) is 54.0 Å². The van der Waals surface area contributed by atoms with E-state index >= 15 is 0 Å². The lowest BCUT2D eigenvalue weighted by atomic mass is 9.89. The Kier molecular flexibility index (Phi) is 6.74. The van der Waals surface area contributed by atoms with E-state index in [9.17, 15) is 9.59 Å². The smallest absolute Gasteiger partial charge is 0.314 e. The maximum Gasteiger partial charge on any atom is 0.314 e. The Balaban J connectivity index is 0.00000220. The summed E-state index contributed by atoms with van der Waals surface area (Å²) in [6, 6.07) is -0.277. The zero-order valence-corrected chi connectivity index (χ0v) is 13.5. The first-order chi connectivity index (χ1) is 9.52. The number of likely N-dealkylation sites (tertiary alicyclic amines) is 2. The molecule has 0 aromatic carbocycles. The number of hydrogen-bond donors (Lipinski definition) is 2. The standard InChI is InChI=1S/C14H26N4O2.ClH/c1-10-4-6-18(12(7-10)8-15)13(19)11-3-2-5-17(9-11)14(16)20;/h10-12H,2-9,15H2,1H3,(H2,16,20);1H. The van der Waals surface area contributed by atoms with Gasteiger partial charge in [0, 0.05) is 32.2 Å². The summed E-state index contributed by atoms with van der Waals surface area (Å²) in [6.45, 7) is 4.63. The van der Waals surface area contributed by atoms with Gasteiger partial charge in [-0.3, -0.25) is 4.79 Å². The lowest BCUT2D eigenvalue weighted by Crippen LogP contribution is -2.54. The fraction of sp³-hybridized carbons (Fsp3) is 0.857. The Bertz CT molecular complexity index is 380. The maximum atomic E-state index is 12.7. The first-order valence-electron chi connectivity index (χ1n) is 7.57. The zero-order chi connectivity index (χ0) is 14.7. The quantitative estimate of drug-likeness (QED) is 0.788. The molecule has 0 saturated carbocycles. The third-order valence-corrected chi connectivity index (χ3v) is 4.62. The van der Waals surface area contributed by atoms with Gasteiger partial charge in [-0.25, -0.2) is 4.79 Å². The monoisotopic (exact) mass is 318 g/mol. The zero-order valence-electron chi connectivity index (χ0n) is 12.7. The molecule has 6 nitrogen and oxygen atoms in total. The minimum absolute atomic E-state index is 0. The Morgan fingerprint density at radius 3 is 2.57 bits per heavy atom. The summed E-state index contributed by atoms with van der Waals surface area (Å²) < 4.78 is 0. The molecule has 0 bridgehead atoms. The molecule has 3 unspecified atom stereocenters. The SMILES string of the molecule is CC1CCN(C(=O)C2CCCN(C(N)=O)C2)C(CN)C1.Cl. The number of nitrogens with zero attached hydrogens (tertiary/aromatic N) is 2. The van der Waals surface area contributed by atoms with Crippen molar-refractivity contribution in [3.63, 3.8) is 0 Å². The number of halogens is 1. The highest BCUT2D eigenvalue weighted by molar-refractivity contribution is 5.85. The third kappa shape index (κ3) is 4.23. The molecule has 2 heterocycles. The van der Waals surface area contributed by atoms with Crippen LogP contribution in [0.25, 0.3) is 0 Å². The molecule has 2 rings (SSSR count). The second kappa shape index (κ2) is 7.84. The van der Waals surface area contributed by atoms with E-state index in [2.05, 4.69) is 6.92 Å². The van der Waals surface area contributed by atoms with E-state index < -0.39 is 6.03 Å². The molecule has 2 saturated heterocycles. The highest BCUT2D eigenvalue weighted by Gasteiger charge is 2.35. The molecule has 122 valence electrons. The second-order valence-corrected chi connectivity index (χ2v) is 6.17. The Hall–Kier alpha value is -1.01. The van der Waals surface area contributed by atoms with Gasteiger partial charge in [0.1, 0.15) is 0 Å². The summed E-state index contributed by atoms with van der Waals surface area (Å²) in [6.07, 6.45) is 3.70. The number of rotatable bonds is 2. The summed E-state index contributed by atoms with van der Waals surface area (Å²) in [5.41, 5.74) is 11.1. The molecule has 3 amide bonds. The van der Waals surface area contributed by atoms with Crippen molar-refractivity contribution >= 4 is 24.3 Å². The van der Waals surface area contributed by atoms with Gasteiger partial charge in [0.2, 0.25) is 5.91 Å². The van der Waals surface area contributed by atoms with Gasteiger partial charge in [-0.15, -0.1) is 12.4 Å². The van der Waals surface area contributed by atoms with Crippen molar-refractivity contribution in [1.29, 1.82) is 0 Å². The summed E-state index contributed by atoms with van der Waals surface area (Å²) >= 11 is 0. The fourth-order valence-electron chi connectivity index (χ4n) is 3.38. The van der Waals surface area contributed by atoms with Gasteiger partial charge in [-0.05, 0) is 31.6 Å². The van der Waals surface area contributed by atoms with Gasteiger partial charge in [0.25, 0.3) is 0 Å². The molecule has 0 radical (unpaired) electrons. The lowest BCUT2D eigenvalue weighted by Gasteiger charge is -2.41. The molecule has 2 fully saturated rings. The first kappa shape index (κ1) is 18.0. The van der Waals surface area contributed by atoms with Crippen LogP contribution >= 0.6 is 12.4 Å². The Labute approximate surface area is 132 Å². The van der Waals surface area contributed by atoms with Gasteiger partial charge in [-0.1, -0.05) is 6.92 Å². The minimum atomic E-state index is -0.426. The Morgan fingerprint density at radius 2 is 1.95 bits per heavy atom. The van der Waals surface area contributed by atoms with Crippen LogP contribution in [0.5, 0.6) is 0 Å². The van der Waals surface area contributed by atoms with Crippen LogP contribution in [0, 0.1) is 11.8 Å². The number of urea groups is 1. The van der Waals surface area contributed by atoms with Crippen LogP contribution in [0.15, 0.2) is 0 Å². The van der Waals surface area contributed by atoms with Crippen LogP contribution in [0.2, 0.25) is 0 Å². The van der Waals surface area contributed by atoms with E-state index in [0.717, 1.165) is 32.2 Å². The second-order valence-electron chi connectivity index (χ2n) is 6.17. The number of nitrogens with two attached hydrogens (primary N) is 2. The van der Waals surface area contributed by atoms with Gasteiger partial charge < -0.3 is 21.3 Å². The van der Waals surface area contributed by atoms with Crippen molar-refractivity contribution in [2.45, 2.75) is 38.6 Å². The number of amides is 3. The molecule has 0 spiro atoms. The molecular weight excluding hydrogens is 292 g/mol. The Morgan fingerprint density at radius 1 is 1.24 bits per heavy atom. The summed E-state index contributed by atoms with van der Waals surface area (Å²) in [7, 11) is 0. The predicted molar refractivity (Wildman–Crippen MR) is 84.1 cm³/mol. The van der Waals surface area contributed by atoms with Crippen molar-refractivity contribution in [2.24, 2.45) is 23.3 Å². The van der Waals surface area contributed by atoms with E-state index in [0.29, 0.717) is 25.6 Å². The number of carbonyl (C=O) groups excluding carboxylic acids is 2. The average molecular weight is 319 g/mol. The van der Waals surface area contributed by atoms with Crippen LogP contribution in [0.1, 0.15) is 32.6 Å². The maximum absolute atomic E-state index is 12.7. The molecule has 4 N–H and O–H groups in total. The summed E-state index contributed by atoms with van der Waals surface area (Å²) in [4.78, 5) is 27.5. The van der Waals surface area contributed by atoms with Crippen molar-refractivity contribution in [3.05, 3.63) is 0 Å². The molecule has 3 atom stereocenters. The average Bonchev–Trinajstić information content (AvgIpc) is 2.46. The van der Waals surface area contributed by atoms with Crippen LogP contribution in [0.3, 0.4) is 0 Å². The van der Waals surface area contributed by atoms with E-state index in [-0.39, 0.29) is 30.3 Å². The van der Waals surface area contributed by atoms with Crippen LogP contribution < -0.4 is 11.5 Å². The first-order valence-corrected chi connectivity index (χ1v) is 7.57. The molecule has 21 heavy (non-hydrogen) atoms. The minimum Gasteiger partial charge on any atom is -0.351 e. The number of primary amides is 1. The molecular formula is C14H27ClN4O2. The normalized spacial score (nSPS) is 29.7. The molecule has 7 heteroatoms. The van der Waals surface area contributed by atoms with Crippen LogP contribution in [0.4, 0.5) is 4.79 Å². The molecule has 2 aliphatic heterocycles. The predicted octanol–water partition coefficient (Wildman–Crippen LogP) is 0.785. The highest BCUT2D eigenvalue weighted by atomic mass is 35.5. The highest BCUT2D eigenvalue weighted by Crippen LogP contribution is 2.26. The molecule has 2 aliphatic rings. The summed E-state index contributed by atoms with van der Waals surface area (Å²) in [5, 5.41) is 0. The molecule has 0 aromatic heterocycles. The number of piperidine rings is 2. The van der Waals surface area contributed by atoms with E-state index in [1.807, 2.05) is 4.90 Å². The van der Waals surface area contributed by atoms with E-state index in [1.165, 1.54) is 0 Å². The van der Waals surface area contributed by atoms with Crippen molar-refractivity contribution in [3.8, 4) is 0 Å². The lowest BCUT2D eigenvalue weighted by molar-refractivity contribution is -0.141. The van der Waals surface area contributed by atoms with Crippen molar-refractivity contribution < 1.29 is 9.59 Å².